The molecule has 4 nitrogen and oxygen atoms in total. The van der Waals surface area contributed by atoms with Crippen molar-refractivity contribution in [3.63, 3.8) is 0 Å². The van der Waals surface area contributed by atoms with E-state index in [1.54, 1.807) is 0 Å². The van der Waals surface area contributed by atoms with Crippen LogP contribution in [0.15, 0.2) is 48.5 Å². The highest BCUT2D eigenvalue weighted by atomic mass is 35.5. The van der Waals surface area contributed by atoms with E-state index in [-0.39, 0.29) is 35.7 Å². The molecule has 1 heterocycles. The lowest BCUT2D eigenvalue weighted by Crippen LogP contribution is -2.53. The molecule has 0 saturated carbocycles. The Morgan fingerprint density at radius 2 is 1.76 bits per heavy atom. The summed E-state index contributed by atoms with van der Waals surface area (Å²) in [7, 11) is -1.97. The molecule has 0 aromatic heterocycles. The average molecular weight is 509 g/mol. The van der Waals surface area contributed by atoms with E-state index in [9.17, 15) is 4.79 Å². The number of nitrogens with zero attached hydrogens (tertiary/aromatic N) is 1. The molecule has 2 aromatic carbocycles. The molecular formula is C26H35Cl2NO3Si. The van der Waals surface area contributed by atoms with Gasteiger partial charge in [0.05, 0.1) is 18.7 Å². The first-order chi connectivity index (χ1) is 15.4. The molecule has 0 aliphatic carbocycles. The SMILES string of the molecule is CC[C@@H](CO[Si](C)(C)C(C)(C)C)N1C(=O)COC(c2cccc(Cl)c2)C1c1ccc(Cl)cc1. The van der Waals surface area contributed by atoms with Gasteiger partial charge in [0.15, 0.2) is 8.32 Å². The highest BCUT2D eigenvalue weighted by Gasteiger charge is 2.43. The van der Waals surface area contributed by atoms with Crippen molar-refractivity contribution in [2.45, 2.75) is 70.4 Å². The fraction of sp³-hybridized carbons (Fsp3) is 0.500. The number of hydrogen-bond donors (Lipinski definition) is 0. The van der Waals surface area contributed by atoms with Crippen LogP contribution in [0, 0.1) is 0 Å². The first-order valence-electron chi connectivity index (χ1n) is 11.5. The van der Waals surface area contributed by atoms with E-state index in [1.807, 2.05) is 53.4 Å². The topological polar surface area (TPSA) is 38.8 Å². The number of carbonyl (C=O) groups excluding carboxylic acids is 1. The second-order valence-electron chi connectivity index (χ2n) is 10.2. The van der Waals surface area contributed by atoms with Crippen molar-refractivity contribution in [3.05, 3.63) is 69.7 Å². The Labute approximate surface area is 209 Å². The predicted octanol–water partition coefficient (Wildman–Crippen LogP) is 7.44. The maximum absolute atomic E-state index is 13.3. The van der Waals surface area contributed by atoms with Crippen molar-refractivity contribution >= 4 is 37.4 Å². The molecule has 0 bridgehead atoms. The fourth-order valence-corrected chi connectivity index (χ4v) is 5.30. The molecule has 1 aliphatic heterocycles. The van der Waals surface area contributed by atoms with Crippen LogP contribution in [-0.2, 0) is 14.0 Å². The lowest BCUT2D eigenvalue weighted by Gasteiger charge is -2.46. The summed E-state index contributed by atoms with van der Waals surface area (Å²) in [5.74, 6) is -0.0288. The zero-order valence-electron chi connectivity index (χ0n) is 20.4. The summed E-state index contributed by atoms with van der Waals surface area (Å²) in [6, 6.07) is 15.0. The summed E-state index contributed by atoms with van der Waals surface area (Å²) in [6.45, 7) is 13.8. The van der Waals surface area contributed by atoms with Crippen LogP contribution in [-0.4, -0.2) is 38.4 Å². The second-order valence-corrected chi connectivity index (χ2v) is 15.9. The number of morpholine rings is 1. The van der Waals surface area contributed by atoms with Gasteiger partial charge in [0.2, 0.25) is 5.91 Å². The summed E-state index contributed by atoms with van der Waals surface area (Å²) in [6.07, 6.45) is 0.441. The summed E-state index contributed by atoms with van der Waals surface area (Å²) in [5.41, 5.74) is 1.92. The van der Waals surface area contributed by atoms with Gasteiger partial charge in [0.1, 0.15) is 12.7 Å². The third kappa shape index (κ3) is 6.01. The maximum Gasteiger partial charge on any atom is 0.249 e. The third-order valence-electron chi connectivity index (χ3n) is 6.96. The van der Waals surface area contributed by atoms with Gasteiger partial charge in [-0.2, -0.15) is 0 Å². The molecule has 1 saturated heterocycles. The largest absolute Gasteiger partial charge is 0.415 e. The number of benzene rings is 2. The number of rotatable bonds is 7. The highest BCUT2D eigenvalue weighted by Crippen LogP contribution is 2.43. The molecule has 0 radical (unpaired) electrons. The van der Waals surface area contributed by atoms with Crippen molar-refractivity contribution < 1.29 is 14.0 Å². The number of amides is 1. The Balaban J connectivity index is 2.01. The molecule has 1 fully saturated rings. The van der Waals surface area contributed by atoms with Crippen molar-refractivity contribution in [2.24, 2.45) is 0 Å². The summed E-state index contributed by atoms with van der Waals surface area (Å²) >= 11 is 12.5. The molecule has 33 heavy (non-hydrogen) atoms. The van der Waals surface area contributed by atoms with Gasteiger partial charge in [-0.1, -0.05) is 75.2 Å². The van der Waals surface area contributed by atoms with Crippen LogP contribution in [0.2, 0.25) is 28.2 Å². The number of halogens is 2. The first-order valence-corrected chi connectivity index (χ1v) is 15.2. The Kier molecular flexibility index (Phi) is 8.34. The number of hydrogen-bond acceptors (Lipinski definition) is 3. The van der Waals surface area contributed by atoms with Gasteiger partial charge in [-0.15, -0.1) is 0 Å². The van der Waals surface area contributed by atoms with Gasteiger partial charge in [-0.05, 0) is 59.9 Å². The number of carbonyl (C=O) groups is 1. The van der Waals surface area contributed by atoms with Crippen molar-refractivity contribution in [1.82, 2.24) is 4.90 Å². The molecule has 0 N–H and O–H groups in total. The zero-order valence-corrected chi connectivity index (χ0v) is 22.9. The molecule has 3 rings (SSSR count). The Morgan fingerprint density at radius 1 is 1.09 bits per heavy atom. The van der Waals surface area contributed by atoms with Crippen LogP contribution in [0.25, 0.3) is 0 Å². The van der Waals surface area contributed by atoms with Crippen LogP contribution in [0.4, 0.5) is 0 Å². The smallest absolute Gasteiger partial charge is 0.249 e. The minimum atomic E-state index is -1.97. The van der Waals surface area contributed by atoms with E-state index in [4.69, 9.17) is 32.4 Å². The van der Waals surface area contributed by atoms with E-state index in [0.29, 0.717) is 16.7 Å². The van der Waals surface area contributed by atoms with Crippen LogP contribution < -0.4 is 0 Å². The summed E-state index contributed by atoms with van der Waals surface area (Å²) < 4.78 is 12.7. The van der Waals surface area contributed by atoms with Crippen LogP contribution in [0.3, 0.4) is 0 Å². The number of ether oxygens (including phenoxy) is 1. The molecule has 2 unspecified atom stereocenters. The van der Waals surface area contributed by atoms with Gasteiger partial charge >= 0.3 is 0 Å². The molecule has 2 aromatic rings. The normalized spacial score (nSPS) is 20.7. The highest BCUT2D eigenvalue weighted by molar-refractivity contribution is 6.74. The van der Waals surface area contributed by atoms with Crippen molar-refractivity contribution in [2.75, 3.05) is 13.2 Å². The maximum atomic E-state index is 13.3. The average Bonchev–Trinajstić information content (AvgIpc) is 2.74. The molecule has 3 atom stereocenters. The van der Waals surface area contributed by atoms with Gasteiger partial charge in [-0.3, -0.25) is 4.79 Å². The first kappa shape index (κ1) is 26.2. The molecule has 7 heteroatoms. The lowest BCUT2D eigenvalue weighted by molar-refractivity contribution is -0.164. The fourth-order valence-electron chi connectivity index (χ4n) is 3.93. The molecule has 1 amide bonds. The van der Waals surface area contributed by atoms with Gasteiger partial charge in [0, 0.05) is 10.0 Å². The van der Waals surface area contributed by atoms with E-state index >= 15 is 0 Å². The Hall–Kier alpha value is -1.37. The monoisotopic (exact) mass is 507 g/mol. The third-order valence-corrected chi connectivity index (χ3v) is 11.9. The molecule has 180 valence electrons. The second kappa shape index (κ2) is 10.5. The minimum absolute atomic E-state index is 0.0257. The van der Waals surface area contributed by atoms with Gasteiger partial charge in [0.25, 0.3) is 0 Å². The van der Waals surface area contributed by atoms with E-state index in [0.717, 1.165) is 17.5 Å². The minimum Gasteiger partial charge on any atom is -0.415 e. The van der Waals surface area contributed by atoms with Gasteiger partial charge < -0.3 is 14.1 Å². The standard InChI is InChI=1S/C26H35Cl2NO3Si/c1-7-22(16-32-33(5,6)26(2,3)4)29-23(30)17-31-25(19-9-8-10-21(28)15-19)24(29)18-11-13-20(27)14-12-18/h8-15,22,24-25H,7,16-17H2,1-6H3/t22-,24?,25?/m0/s1. The zero-order chi connectivity index (χ0) is 24.4. The lowest BCUT2D eigenvalue weighted by atomic mass is 9.91. The Bertz CT molecular complexity index is 959. The van der Waals surface area contributed by atoms with E-state index < -0.39 is 8.32 Å². The molecule has 1 aliphatic rings. The quantitative estimate of drug-likeness (QED) is 0.365. The molecule has 0 spiro atoms. The van der Waals surface area contributed by atoms with Crippen LogP contribution >= 0.6 is 23.2 Å². The summed E-state index contributed by atoms with van der Waals surface area (Å²) in [5, 5.41) is 1.39. The van der Waals surface area contributed by atoms with Crippen molar-refractivity contribution in [3.8, 4) is 0 Å². The summed E-state index contributed by atoms with van der Waals surface area (Å²) in [4.78, 5) is 15.3. The van der Waals surface area contributed by atoms with Gasteiger partial charge in [-0.25, -0.2) is 0 Å². The van der Waals surface area contributed by atoms with Crippen LogP contribution in [0.5, 0.6) is 0 Å². The molecular weight excluding hydrogens is 473 g/mol. The van der Waals surface area contributed by atoms with E-state index in [1.165, 1.54) is 0 Å². The van der Waals surface area contributed by atoms with Crippen LogP contribution in [0.1, 0.15) is 57.4 Å². The Morgan fingerprint density at radius 3 is 2.33 bits per heavy atom. The van der Waals surface area contributed by atoms with Crippen molar-refractivity contribution in [1.29, 1.82) is 0 Å². The van der Waals surface area contributed by atoms with E-state index in [2.05, 4.69) is 40.8 Å². The predicted molar refractivity (Wildman–Crippen MR) is 138 cm³/mol.